The highest BCUT2D eigenvalue weighted by atomic mass is 35.5. The van der Waals surface area contributed by atoms with Gasteiger partial charge in [-0.2, -0.15) is 5.10 Å². The number of nitrogens with one attached hydrogen (secondary N) is 1. The van der Waals surface area contributed by atoms with Crippen LogP contribution in [-0.2, 0) is 0 Å². The molecule has 6 heteroatoms. The van der Waals surface area contributed by atoms with Crippen molar-refractivity contribution in [1.29, 1.82) is 0 Å². The van der Waals surface area contributed by atoms with Gasteiger partial charge in [-0.1, -0.05) is 41.9 Å². The molecule has 2 aromatic carbocycles. The summed E-state index contributed by atoms with van der Waals surface area (Å²) < 4.78 is 0. The van der Waals surface area contributed by atoms with Crippen molar-refractivity contribution in [2.75, 3.05) is 0 Å². The molecule has 0 aliphatic heterocycles. The number of rotatable bonds is 3. The van der Waals surface area contributed by atoms with Gasteiger partial charge in [-0.25, -0.2) is 0 Å². The minimum Gasteiger partial charge on any atom is -0.369 e. The SMILES string of the molecule is NC(N)=N/N=C/c1c(-c2ccc(Cl)cc2)[nH]c2ccccc12. The van der Waals surface area contributed by atoms with Crippen molar-refractivity contribution in [3.8, 4) is 11.3 Å². The molecule has 0 bridgehead atoms. The molecule has 0 fully saturated rings. The number of hydrogen-bond donors (Lipinski definition) is 3. The molecule has 1 aromatic heterocycles. The Morgan fingerprint density at radius 3 is 2.50 bits per heavy atom. The van der Waals surface area contributed by atoms with Crippen molar-refractivity contribution in [2.45, 2.75) is 0 Å². The number of guanidine groups is 1. The Hall–Kier alpha value is -2.79. The Balaban J connectivity index is 2.18. The second-order valence-corrected chi connectivity index (χ2v) is 5.17. The van der Waals surface area contributed by atoms with Gasteiger partial charge in [-0.05, 0) is 23.8 Å². The molecule has 0 unspecified atom stereocenters. The Kier molecular flexibility index (Phi) is 3.80. The minimum absolute atomic E-state index is 0.0795. The van der Waals surface area contributed by atoms with E-state index in [1.54, 1.807) is 6.21 Å². The van der Waals surface area contributed by atoms with E-state index >= 15 is 0 Å². The van der Waals surface area contributed by atoms with Crippen LogP contribution in [0.15, 0.2) is 58.7 Å². The minimum atomic E-state index is -0.0795. The van der Waals surface area contributed by atoms with E-state index in [0.29, 0.717) is 5.02 Å². The molecule has 3 aromatic rings. The second kappa shape index (κ2) is 5.91. The lowest BCUT2D eigenvalue weighted by molar-refractivity contribution is 1.22. The molecular formula is C16H14ClN5. The number of halogens is 1. The summed E-state index contributed by atoms with van der Waals surface area (Å²) in [5.74, 6) is -0.0795. The smallest absolute Gasteiger partial charge is 0.211 e. The molecule has 0 saturated carbocycles. The highest BCUT2D eigenvalue weighted by Gasteiger charge is 2.11. The van der Waals surface area contributed by atoms with Gasteiger partial charge in [-0.3, -0.25) is 0 Å². The monoisotopic (exact) mass is 311 g/mol. The number of hydrogen-bond acceptors (Lipinski definition) is 2. The molecule has 0 amide bonds. The lowest BCUT2D eigenvalue weighted by Gasteiger charge is -2.01. The van der Waals surface area contributed by atoms with Gasteiger partial charge in [0.1, 0.15) is 0 Å². The molecule has 0 aliphatic rings. The molecule has 22 heavy (non-hydrogen) atoms. The van der Waals surface area contributed by atoms with Crippen LogP contribution in [0.3, 0.4) is 0 Å². The molecule has 0 saturated heterocycles. The zero-order chi connectivity index (χ0) is 15.5. The molecule has 3 rings (SSSR count). The van der Waals surface area contributed by atoms with E-state index in [4.69, 9.17) is 23.1 Å². The van der Waals surface area contributed by atoms with Crippen LogP contribution in [-0.4, -0.2) is 17.2 Å². The van der Waals surface area contributed by atoms with Crippen molar-refractivity contribution in [3.05, 3.63) is 59.1 Å². The van der Waals surface area contributed by atoms with Crippen LogP contribution in [0.4, 0.5) is 0 Å². The summed E-state index contributed by atoms with van der Waals surface area (Å²) >= 11 is 5.95. The second-order valence-electron chi connectivity index (χ2n) is 4.74. The summed E-state index contributed by atoms with van der Waals surface area (Å²) in [6.07, 6.45) is 1.64. The van der Waals surface area contributed by atoms with Gasteiger partial charge in [0, 0.05) is 21.5 Å². The van der Waals surface area contributed by atoms with Gasteiger partial charge >= 0.3 is 0 Å². The van der Waals surface area contributed by atoms with Crippen molar-refractivity contribution >= 4 is 34.7 Å². The Labute approximate surface area is 132 Å². The lowest BCUT2D eigenvalue weighted by Crippen LogP contribution is -2.21. The van der Waals surface area contributed by atoms with Crippen LogP contribution in [0.1, 0.15) is 5.56 Å². The Morgan fingerprint density at radius 1 is 1.05 bits per heavy atom. The molecule has 0 atom stereocenters. The largest absolute Gasteiger partial charge is 0.369 e. The zero-order valence-electron chi connectivity index (χ0n) is 11.6. The van der Waals surface area contributed by atoms with Gasteiger partial charge in [0.2, 0.25) is 5.96 Å². The van der Waals surface area contributed by atoms with E-state index in [2.05, 4.69) is 15.2 Å². The fourth-order valence-electron chi connectivity index (χ4n) is 2.30. The molecule has 0 radical (unpaired) electrons. The first kappa shape index (κ1) is 14.2. The maximum absolute atomic E-state index is 5.95. The van der Waals surface area contributed by atoms with Crippen molar-refractivity contribution in [3.63, 3.8) is 0 Å². The normalized spacial score (nSPS) is 11.1. The van der Waals surface area contributed by atoms with Gasteiger partial charge in [-0.15, -0.1) is 5.10 Å². The zero-order valence-corrected chi connectivity index (χ0v) is 12.4. The van der Waals surface area contributed by atoms with Crippen molar-refractivity contribution < 1.29 is 0 Å². The van der Waals surface area contributed by atoms with Crippen LogP contribution in [0.5, 0.6) is 0 Å². The summed E-state index contributed by atoms with van der Waals surface area (Å²) in [5.41, 5.74) is 14.5. The molecule has 110 valence electrons. The lowest BCUT2D eigenvalue weighted by atomic mass is 10.1. The Morgan fingerprint density at radius 2 is 1.77 bits per heavy atom. The number of nitrogens with two attached hydrogens (primary N) is 2. The summed E-state index contributed by atoms with van der Waals surface area (Å²) in [5, 5.41) is 9.33. The topological polar surface area (TPSA) is 92.6 Å². The average Bonchev–Trinajstić information content (AvgIpc) is 2.87. The van der Waals surface area contributed by atoms with Gasteiger partial charge < -0.3 is 16.5 Å². The average molecular weight is 312 g/mol. The van der Waals surface area contributed by atoms with Crippen LogP contribution in [0.25, 0.3) is 22.2 Å². The highest BCUT2D eigenvalue weighted by Crippen LogP contribution is 2.29. The summed E-state index contributed by atoms with van der Waals surface area (Å²) in [4.78, 5) is 3.39. The van der Waals surface area contributed by atoms with Gasteiger partial charge in [0.25, 0.3) is 0 Å². The number of fused-ring (bicyclic) bond motifs is 1. The number of aromatic nitrogens is 1. The van der Waals surface area contributed by atoms with Crippen LogP contribution in [0.2, 0.25) is 5.02 Å². The third-order valence-electron chi connectivity index (χ3n) is 3.24. The summed E-state index contributed by atoms with van der Waals surface area (Å²) in [6.45, 7) is 0. The van der Waals surface area contributed by atoms with Crippen LogP contribution >= 0.6 is 11.6 Å². The predicted octanol–water partition coefficient (Wildman–Crippen LogP) is 3.10. The molecule has 5 N–H and O–H groups in total. The summed E-state index contributed by atoms with van der Waals surface area (Å²) in [7, 11) is 0. The maximum atomic E-state index is 5.95. The van der Waals surface area contributed by atoms with E-state index in [1.807, 2.05) is 48.5 Å². The van der Waals surface area contributed by atoms with Gasteiger partial charge in [0.05, 0.1) is 11.9 Å². The summed E-state index contributed by atoms with van der Waals surface area (Å²) in [6, 6.07) is 15.6. The number of benzene rings is 2. The van der Waals surface area contributed by atoms with E-state index in [-0.39, 0.29) is 5.96 Å². The van der Waals surface area contributed by atoms with Crippen molar-refractivity contribution in [1.82, 2.24) is 4.98 Å². The number of H-pyrrole nitrogens is 1. The first-order chi connectivity index (χ1) is 10.6. The van der Waals surface area contributed by atoms with E-state index in [0.717, 1.165) is 27.7 Å². The predicted molar refractivity (Wildman–Crippen MR) is 92.1 cm³/mol. The van der Waals surface area contributed by atoms with E-state index < -0.39 is 0 Å². The van der Waals surface area contributed by atoms with Gasteiger partial charge in [0.15, 0.2) is 0 Å². The third-order valence-corrected chi connectivity index (χ3v) is 3.49. The first-order valence-corrected chi connectivity index (χ1v) is 7.01. The quantitative estimate of drug-likeness (QED) is 0.394. The molecule has 0 spiro atoms. The number of nitrogens with zero attached hydrogens (tertiary/aromatic N) is 2. The standard InChI is InChI=1S/C16H14ClN5/c17-11-7-5-10(6-8-11)15-13(9-20-22-16(18)19)12-3-1-2-4-14(12)21-15/h1-9,21H,(H4,18,19,22)/b20-9+. The van der Waals surface area contributed by atoms with Crippen LogP contribution < -0.4 is 11.5 Å². The first-order valence-electron chi connectivity index (χ1n) is 6.64. The molecule has 5 nitrogen and oxygen atoms in total. The molecule has 1 heterocycles. The number of aromatic amines is 1. The fourth-order valence-corrected chi connectivity index (χ4v) is 2.42. The third kappa shape index (κ3) is 2.80. The van der Waals surface area contributed by atoms with E-state index in [9.17, 15) is 0 Å². The maximum Gasteiger partial charge on any atom is 0.211 e. The Bertz CT molecular complexity index is 858. The molecular weight excluding hydrogens is 298 g/mol. The van der Waals surface area contributed by atoms with E-state index in [1.165, 1.54) is 0 Å². The van der Waals surface area contributed by atoms with Crippen LogP contribution in [0, 0.1) is 0 Å². The fraction of sp³-hybridized carbons (Fsp3) is 0. The molecule has 0 aliphatic carbocycles. The van der Waals surface area contributed by atoms with Crippen molar-refractivity contribution in [2.24, 2.45) is 21.7 Å². The highest BCUT2D eigenvalue weighted by molar-refractivity contribution is 6.30. The number of para-hydroxylation sites is 1.